The molecule has 0 fully saturated rings. The zero-order chi connectivity index (χ0) is 34.9. The zero-order valence-electron chi connectivity index (χ0n) is 27.5. The molecule has 2 aromatic rings. The molecule has 256 valence electrons. The van der Waals surface area contributed by atoms with Crippen molar-refractivity contribution in [2.45, 2.75) is 77.7 Å². The van der Waals surface area contributed by atoms with E-state index in [1.54, 1.807) is 56.3 Å². The van der Waals surface area contributed by atoms with E-state index in [2.05, 4.69) is 20.9 Å². The molecule has 0 aliphatic carbocycles. The average Bonchev–Trinajstić information content (AvgIpc) is 3.02. The Balaban J connectivity index is 2.20. The Hall–Kier alpha value is -5.14. The number of amides is 5. The number of hydrogen-bond acceptors (Lipinski definition) is 7. The molecule has 0 unspecified atom stereocenters. The van der Waals surface area contributed by atoms with Gasteiger partial charge in [-0.25, -0.2) is 4.79 Å². The largest absolute Gasteiger partial charge is 0.445 e. The van der Waals surface area contributed by atoms with Crippen molar-refractivity contribution in [3.8, 4) is 0 Å². The number of benzene rings is 2. The quantitative estimate of drug-likeness (QED) is 0.0783. The van der Waals surface area contributed by atoms with Crippen molar-refractivity contribution in [2.24, 2.45) is 28.1 Å². The number of guanidine groups is 1. The minimum atomic E-state index is -1.09. The standard InChI is InChI=1S/C33H48N8O6/c1-21(2)18-26(31(45)41(22(3)4)19-27(42)40-28(29(34)43)24-14-9-6-10-15-24)38-30(44)25(16-11-17-37-32(35)36)39-33(46)47-20-23-12-7-5-8-13-23/h5-10,12-15,21-22,25-26,28H,11,16-20H2,1-4H3,(H2,34,43)(H,38,44)(H,39,46)(H,40,42)(H4,35,36,37)/t25-,26-,28-/m0/s1. The lowest BCUT2D eigenvalue weighted by molar-refractivity contribution is -0.142. The van der Waals surface area contributed by atoms with E-state index in [4.69, 9.17) is 21.9 Å². The van der Waals surface area contributed by atoms with Gasteiger partial charge in [-0.1, -0.05) is 74.5 Å². The Bertz CT molecular complexity index is 1350. The molecule has 2 rings (SSSR count). The molecular weight excluding hydrogens is 604 g/mol. The van der Waals surface area contributed by atoms with Crippen LogP contribution in [0, 0.1) is 5.92 Å². The van der Waals surface area contributed by atoms with E-state index in [9.17, 15) is 24.0 Å². The van der Waals surface area contributed by atoms with Gasteiger partial charge in [-0.05, 0) is 50.2 Å². The van der Waals surface area contributed by atoms with Gasteiger partial charge in [0.05, 0.1) is 6.54 Å². The predicted molar refractivity (Wildman–Crippen MR) is 178 cm³/mol. The molecule has 0 aliphatic rings. The predicted octanol–water partition coefficient (Wildman–Crippen LogP) is 1.45. The van der Waals surface area contributed by atoms with Crippen LogP contribution in [0.15, 0.2) is 65.7 Å². The maximum Gasteiger partial charge on any atom is 0.408 e. The Morgan fingerprint density at radius 1 is 0.830 bits per heavy atom. The number of carbonyl (C=O) groups excluding carboxylic acids is 5. The summed E-state index contributed by atoms with van der Waals surface area (Å²) in [6, 6.07) is 13.9. The van der Waals surface area contributed by atoms with Crippen LogP contribution in [0.5, 0.6) is 0 Å². The highest BCUT2D eigenvalue weighted by Crippen LogP contribution is 2.14. The topological polar surface area (TPSA) is 224 Å². The highest BCUT2D eigenvalue weighted by molar-refractivity contribution is 5.94. The van der Waals surface area contributed by atoms with Gasteiger partial charge in [0.15, 0.2) is 5.96 Å². The molecule has 5 amide bonds. The third-order valence-corrected chi connectivity index (χ3v) is 7.03. The van der Waals surface area contributed by atoms with Crippen LogP contribution in [-0.2, 0) is 30.5 Å². The highest BCUT2D eigenvalue weighted by Gasteiger charge is 2.33. The lowest BCUT2D eigenvalue weighted by Gasteiger charge is -2.32. The Morgan fingerprint density at radius 2 is 1.45 bits per heavy atom. The minimum Gasteiger partial charge on any atom is -0.445 e. The maximum absolute atomic E-state index is 13.9. The number of nitrogens with two attached hydrogens (primary N) is 3. The molecule has 9 N–H and O–H groups in total. The fourth-order valence-electron chi connectivity index (χ4n) is 4.69. The summed E-state index contributed by atoms with van der Waals surface area (Å²) >= 11 is 0. The first kappa shape index (κ1) is 38.0. The second-order valence-corrected chi connectivity index (χ2v) is 11.8. The zero-order valence-corrected chi connectivity index (χ0v) is 27.5. The third kappa shape index (κ3) is 13.8. The summed E-state index contributed by atoms with van der Waals surface area (Å²) in [6.07, 6.45) is -0.0674. The molecule has 0 heterocycles. The highest BCUT2D eigenvalue weighted by atomic mass is 16.5. The minimum absolute atomic E-state index is 0.00420. The molecule has 47 heavy (non-hydrogen) atoms. The van der Waals surface area contributed by atoms with Gasteiger partial charge in [-0.15, -0.1) is 0 Å². The second-order valence-electron chi connectivity index (χ2n) is 11.8. The van der Waals surface area contributed by atoms with Gasteiger partial charge in [0, 0.05) is 12.6 Å². The van der Waals surface area contributed by atoms with E-state index in [0.29, 0.717) is 12.0 Å². The van der Waals surface area contributed by atoms with E-state index < -0.39 is 53.9 Å². The number of rotatable bonds is 18. The van der Waals surface area contributed by atoms with Crippen LogP contribution in [-0.4, -0.2) is 71.8 Å². The normalized spacial score (nSPS) is 12.7. The number of hydrogen-bond donors (Lipinski definition) is 6. The molecule has 0 bridgehead atoms. The molecule has 2 aromatic carbocycles. The average molecular weight is 653 g/mol. The Kier molecular flexibility index (Phi) is 15.7. The van der Waals surface area contributed by atoms with Crippen LogP contribution in [0.1, 0.15) is 64.1 Å². The van der Waals surface area contributed by atoms with E-state index in [1.165, 1.54) is 4.90 Å². The Labute approximate surface area is 275 Å². The lowest BCUT2D eigenvalue weighted by atomic mass is 10.0. The van der Waals surface area contributed by atoms with Crippen molar-refractivity contribution >= 4 is 35.7 Å². The molecule has 14 nitrogen and oxygen atoms in total. The summed E-state index contributed by atoms with van der Waals surface area (Å²) in [5, 5.41) is 7.98. The SMILES string of the molecule is CC(C)C[C@H](NC(=O)[C@H](CCCN=C(N)N)NC(=O)OCc1ccccc1)C(=O)N(CC(=O)N[C@H](C(N)=O)c1ccccc1)C(C)C. The van der Waals surface area contributed by atoms with Crippen molar-refractivity contribution in [3.63, 3.8) is 0 Å². The van der Waals surface area contributed by atoms with Crippen molar-refractivity contribution in [2.75, 3.05) is 13.1 Å². The maximum atomic E-state index is 13.9. The van der Waals surface area contributed by atoms with Gasteiger partial charge in [-0.2, -0.15) is 0 Å². The van der Waals surface area contributed by atoms with Crippen LogP contribution < -0.4 is 33.2 Å². The fraction of sp³-hybridized carbons (Fsp3) is 0.455. The first-order valence-corrected chi connectivity index (χ1v) is 15.6. The van der Waals surface area contributed by atoms with Crippen molar-refractivity contribution in [1.29, 1.82) is 0 Å². The third-order valence-electron chi connectivity index (χ3n) is 7.03. The number of carbonyl (C=O) groups is 5. The van der Waals surface area contributed by atoms with Gasteiger partial charge >= 0.3 is 6.09 Å². The van der Waals surface area contributed by atoms with Crippen molar-refractivity contribution in [1.82, 2.24) is 20.9 Å². The molecule has 0 aromatic heterocycles. The number of nitrogens with one attached hydrogen (secondary N) is 3. The summed E-state index contributed by atoms with van der Waals surface area (Å²) in [7, 11) is 0. The van der Waals surface area contributed by atoms with Crippen molar-refractivity contribution < 1.29 is 28.7 Å². The van der Waals surface area contributed by atoms with Crippen molar-refractivity contribution in [3.05, 3.63) is 71.8 Å². The first-order chi connectivity index (χ1) is 22.3. The molecule has 0 radical (unpaired) electrons. The smallest absolute Gasteiger partial charge is 0.408 e. The molecule has 0 saturated heterocycles. The summed E-state index contributed by atoms with van der Waals surface area (Å²) in [5.41, 5.74) is 17.6. The first-order valence-electron chi connectivity index (χ1n) is 15.6. The molecular formula is C33H48N8O6. The number of aliphatic imine (C=N–C) groups is 1. The lowest BCUT2D eigenvalue weighted by Crippen LogP contribution is -2.57. The number of nitrogens with zero attached hydrogens (tertiary/aromatic N) is 2. The van der Waals surface area contributed by atoms with E-state index in [-0.39, 0.29) is 44.4 Å². The number of primary amides is 1. The summed E-state index contributed by atoms with van der Waals surface area (Å²) in [6.45, 7) is 7.08. The summed E-state index contributed by atoms with van der Waals surface area (Å²) < 4.78 is 5.31. The van der Waals surface area contributed by atoms with Crippen LogP contribution >= 0.6 is 0 Å². The molecule has 14 heteroatoms. The molecule has 0 spiro atoms. The molecule has 0 saturated carbocycles. The van der Waals surface area contributed by atoms with Gasteiger partial charge in [-0.3, -0.25) is 24.2 Å². The number of alkyl carbamates (subject to hydrolysis) is 1. The van der Waals surface area contributed by atoms with E-state index >= 15 is 0 Å². The van der Waals surface area contributed by atoms with Gasteiger partial charge in [0.2, 0.25) is 23.6 Å². The van der Waals surface area contributed by atoms with Gasteiger partial charge < -0.3 is 42.8 Å². The number of ether oxygens (including phenoxy) is 1. The Morgan fingerprint density at radius 3 is 2.00 bits per heavy atom. The monoisotopic (exact) mass is 652 g/mol. The molecule has 3 atom stereocenters. The van der Waals surface area contributed by atoms with Crippen LogP contribution in [0.4, 0.5) is 4.79 Å². The van der Waals surface area contributed by atoms with Gasteiger partial charge in [0.1, 0.15) is 24.7 Å². The summed E-state index contributed by atoms with van der Waals surface area (Å²) in [5.74, 6) is -2.59. The van der Waals surface area contributed by atoms with Crippen LogP contribution in [0.25, 0.3) is 0 Å². The van der Waals surface area contributed by atoms with Gasteiger partial charge in [0.25, 0.3) is 0 Å². The fourth-order valence-corrected chi connectivity index (χ4v) is 4.69. The summed E-state index contributed by atoms with van der Waals surface area (Å²) in [4.78, 5) is 70.7. The molecule has 0 aliphatic heterocycles. The van der Waals surface area contributed by atoms with Crippen LogP contribution in [0.2, 0.25) is 0 Å². The van der Waals surface area contributed by atoms with Crippen LogP contribution in [0.3, 0.4) is 0 Å². The van der Waals surface area contributed by atoms with E-state index in [1.807, 2.05) is 32.0 Å². The van der Waals surface area contributed by atoms with E-state index in [0.717, 1.165) is 5.56 Å². The second kappa shape index (κ2) is 19.4.